The Labute approximate surface area is 152 Å². The van der Waals surface area contributed by atoms with E-state index in [1.54, 1.807) is 27.8 Å². The van der Waals surface area contributed by atoms with Gasteiger partial charge in [-0.05, 0) is 35.8 Å². The normalized spacial score (nSPS) is 13.6. The highest BCUT2D eigenvalue weighted by atomic mass is 33.1. The quantitative estimate of drug-likeness (QED) is 0.273. The maximum Gasteiger partial charge on any atom is 0.325 e. The van der Waals surface area contributed by atoms with Crippen molar-refractivity contribution in [1.29, 1.82) is 0 Å². The fraction of sp³-hybridized carbons (Fsp3) is 0.625. The second-order valence-corrected chi connectivity index (χ2v) is 9.82. The molecule has 0 aliphatic rings. The zero-order chi connectivity index (χ0) is 17.7. The summed E-state index contributed by atoms with van der Waals surface area (Å²) in [5, 5.41) is 0.972. The highest BCUT2D eigenvalue weighted by Crippen LogP contribution is 2.36. The molecule has 1 aromatic rings. The number of carbonyl (C=O) groups excluding carboxylic acids is 1. The lowest BCUT2D eigenvalue weighted by atomic mass is 10.1. The van der Waals surface area contributed by atoms with Gasteiger partial charge in [0.25, 0.3) is 0 Å². The summed E-state index contributed by atoms with van der Waals surface area (Å²) in [5.74, 6) is 1.13. The van der Waals surface area contributed by atoms with Crippen LogP contribution in [0.25, 0.3) is 0 Å². The molecule has 0 aliphatic carbocycles. The minimum atomic E-state index is -3.33. The number of unbranched alkanes of at least 4 members (excludes halogenated alkanes) is 4. The molecule has 1 rings (SSSR count). The lowest BCUT2D eigenvalue weighted by Gasteiger charge is -2.06. The molecule has 24 heavy (non-hydrogen) atoms. The number of hydrogen-bond donors (Lipinski definition) is 1. The van der Waals surface area contributed by atoms with Gasteiger partial charge in [-0.25, -0.2) is 4.98 Å². The number of rotatable bonds is 14. The molecule has 0 saturated heterocycles. The molecular weight excluding hydrogens is 365 g/mol. The van der Waals surface area contributed by atoms with Crippen LogP contribution in [0.2, 0.25) is 0 Å². The van der Waals surface area contributed by atoms with Gasteiger partial charge in [0.1, 0.15) is 10.8 Å². The number of ketones is 1. The highest BCUT2D eigenvalue weighted by Gasteiger charge is 2.08. The van der Waals surface area contributed by atoms with E-state index in [2.05, 4.69) is 4.98 Å². The molecule has 0 radical (unpaired) electrons. The summed E-state index contributed by atoms with van der Waals surface area (Å²) in [7, 11) is -0.0530. The van der Waals surface area contributed by atoms with Crippen molar-refractivity contribution in [1.82, 2.24) is 4.98 Å². The SMILES string of the molecule is CP(=O)(O)OCCCCCCCC(=O)CCSSc1ccccn1. The van der Waals surface area contributed by atoms with E-state index in [1.165, 1.54) is 6.66 Å². The van der Waals surface area contributed by atoms with Gasteiger partial charge < -0.3 is 9.42 Å². The number of carbonyl (C=O) groups is 1. The van der Waals surface area contributed by atoms with E-state index in [9.17, 15) is 9.36 Å². The predicted octanol–water partition coefficient (Wildman–Crippen LogP) is 4.95. The zero-order valence-corrected chi connectivity index (χ0v) is 16.6. The van der Waals surface area contributed by atoms with Crippen molar-refractivity contribution >= 4 is 35.0 Å². The van der Waals surface area contributed by atoms with Crippen LogP contribution in [0, 0.1) is 0 Å². The maximum absolute atomic E-state index is 11.8. The van der Waals surface area contributed by atoms with E-state index in [0.717, 1.165) is 42.9 Å². The average molecular weight is 391 g/mol. The molecule has 1 unspecified atom stereocenters. The molecule has 0 bridgehead atoms. The van der Waals surface area contributed by atoms with Crippen LogP contribution in [-0.2, 0) is 13.9 Å². The predicted molar refractivity (Wildman–Crippen MR) is 102 cm³/mol. The lowest BCUT2D eigenvalue weighted by molar-refractivity contribution is -0.118. The van der Waals surface area contributed by atoms with Crippen molar-refractivity contribution in [2.45, 2.75) is 50.0 Å². The minimum absolute atomic E-state index is 0.319. The third-order valence-electron chi connectivity index (χ3n) is 3.18. The second-order valence-electron chi connectivity index (χ2n) is 5.52. The second kappa shape index (κ2) is 13.0. The van der Waals surface area contributed by atoms with Crippen molar-refractivity contribution < 1.29 is 18.8 Å². The molecule has 5 nitrogen and oxygen atoms in total. The molecule has 1 N–H and O–H groups in total. The van der Waals surface area contributed by atoms with Crippen LogP contribution in [0.5, 0.6) is 0 Å². The van der Waals surface area contributed by atoms with Gasteiger partial charge in [-0.3, -0.25) is 9.36 Å². The Morgan fingerprint density at radius 3 is 2.67 bits per heavy atom. The van der Waals surface area contributed by atoms with Crippen LogP contribution in [0.4, 0.5) is 0 Å². The highest BCUT2D eigenvalue weighted by molar-refractivity contribution is 8.76. The van der Waals surface area contributed by atoms with E-state index in [4.69, 9.17) is 9.42 Å². The Balaban J connectivity index is 1.89. The maximum atomic E-state index is 11.8. The van der Waals surface area contributed by atoms with Gasteiger partial charge in [0.15, 0.2) is 0 Å². The van der Waals surface area contributed by atoms with Crippen LogP contribution in [0.3, 0.4) is 0 Å². The smallest absolute Gasteiger partial charge is 0.324 e. The topological polar surface area (TPSA) is 76.5 Å². The summed E-state index contributed by atoms with van der Waals surface area (Å²) in [5.41, 5.74) is 0. The summed E-state index contributed by atoms with van der Waals surface area (Å²) in [4.78, 5) is 25.0. The molecule has 1 heterocycles. The van der Waals surface area contributed by atoms with Gasteiger partial charge in [-0.15, -0.1) is 0 Å². The van der Waals surface area contributed by atoms with Gasteiger partial charge >= 0.3 is 7.60 Å². The molecule has 0 aliphatic heterocycles. The van der Waals surface area contributed by atoms with Gasteiger partial charge in [-0.1, -0.05) is 36.1 Å². The Morgan fingerprint density at radius 2 is 1.96 bits per heavy atom. The zero-order valence-electron chi connectivity index (χ0n) is 14.1. The van der Waals surface area contributed by atoms with Crippen LogP contribution in [0.1, 0.15) is 44.9 Å². The molecule has 8 heteroatoms. The monoisotopic (exact) mass is 391 g/mol. The summed E-state index contributed by atoms with van der Waals surface area (Å²) in [6.45, 7) is 1.53. The van der Waals surface area contributed by atoms with Crippen LogP contribution < -0.4 is 0 Å². The molecule has 0 saturated carbocycles. The van der Waals surface area contributed by atoms with Crippen LogP contribution in [-0.4, -0.2) is 34.7 Å². The van der Waals surface area contributed by atoms with Crippen molar-refractivity contribution in [2.24, 2.45) is 0 Å². The van der Waals surface area contributed by atoms with E-state index >= 15 is 0 Å². The summed E-state index contributed by atoms with van der Waals surface area (Å²) < 4.78 is 15.7. The van der Waals surface area contributed by atoms with Crippen molar-refractivity contribution in [3.05, 3.63) is 24.4 Å². The van der Waals surface area contributed by atoms with Gasteiger partial charge in [-0.2, -0.15) is 0 Å². The first-order valence-corrected chi connectivity index (χ1v) is 12.5. The summed E-state index contributed by atoms with van der Waals surface area (Å²) in [6, 6.07) is 5.81. The molecule has 0 amide bonds. The number of nitrogens with zero attached hydrogens (tertiary/aromatic N) is 1. The molecule has 1 aromatic heterocycles. The minimum Gasteiger partial charge on any atom is -0.324 e. The standard InChI is InChI=1S/C16H26NO4PS2/c1-22(19,20)21-13-8-4-2-3-5-9-15(18)11-14-23-24-16-10-6-7-12-17-16/h6-7,10,12H,2-5,8-9,11,13-14H2,1H3,(H,19,20). The fourth-order valence-corrected chi connectivity index (χ4v) is 4.35. The van der Waals surface area contributed by atoms with E-state index in [-0.39, 0.29) is 0 Å². The number of pyridine rings is 1. The fourth-order valence-electron chi connectivity index (χ4n) is 1.97. The first kappa shape index (κ1) is 21.7. The number of hydrogen-bond acceptors (Lipinski definition) is 6. The van der Waals surface area contributed by atoms with Crippen molar-refractivity contribution in [2.75, 3.05) is 19.0 Å². The molecule has 1 atom stereocenters. The summed E-state index contributed by atoms with van der Waals surface area (Å²) >= 11 is 0. The van der Waals surface area contributed by atoms with Gasteiger partial charge in [0.05, 0.1) is 6.61 Å². The lowest BCUT2D eigenvalue weighted by Crippen LogP contribution is -1.99. The van der Waals surface area contributed by atoms with E-state index in [1.807, 2.05) is 18.2 Å². The summed E-state index contributed by atoms with van der Waals surface area (Å²) in [6.07, 6.45) is 7.74. The third kappa shape index (κ3) is 13.0. The van der Waals surface area contributed by atoms with Crippen LogP contribution in [0.15, 0.2) is 29.4 Å². The Kier molecular flexibility index (Phi) is 11.7. The third-order valence-corrected chi connectivity index (χ3v) is 6.11. The number of Topliss-reactive ketones (excluding diaryl/α,β-unsaturated/α-hetero) is 1. The van der Waals surface area contributed by atoms with Crippen LogP contribution >= 0.6 is 29.2 Å². The van der Waals surface area contributed by atoms with E-state index < -0.39 is 7.60 Å². The van der Waals surface area contributed by atoms with Gasteiger partial charge in [0.2, 0.25) is 0 Å². The van der Waals surface area contributed by atoms with Gasteiger partial charge in [0, 0.05) is 31.5 Å². The molecular formula is C16H26NO4PS2. The Morgan fingerprint density at radius 1 is 1.21 bits per heavy atom. The Hall–Kier alpha value is -0.330. The average Bonchev–Trinajstić information content (AvgIpc) is 2.54. The van der Waals surface area contributed by atoms with Crippen molar-refractivity contribution in [3.63, 3.8) is 0 Å². The molecule has 136 valence electrons. The Bertz CT molecular complexity index is 510. The van der Waals surface area contributed by atoms with E-state index in [0.29, 0.717) is 25.2 Å². The molecule has 0 fully saturated rings. The first-order valence-electron chi connectivity index (χ1n) is 8.14. The van der Waals surface area contributed by atoms with Crippen molar-refractivity contribution in [3.8, 4) is 0 Å². The first-order chi connectivity index (χ1) is 11.5. The molecule has 0 spiro atoms. The number of aromatic nitrogens is 1. The largest absolute Gasteiger partial charge is 0.325 e. The molecule has 0 aromatic carbocycles.